The van der Waals surface area contributed by atoms with Crippen LogP contribution in [0.15, 0.2) is 83.7 Å². The summed E-state index contributed by atoms with van der Waals surface area (Å²) >= 11 is 0. The first-order valence-electron chi connectivity index (χ1n) is 13.2. The predicted octanol–water partition coefficient (Wildman–Crippen LogP) is 5.63. The Morgan fingerprint density at radius 2 is 1.58 bits per heavy atom. The molecule has 0 aliphatic carbocycles. The molecule has 1 aliphatic heterocycles. The second kappa shape index (κ2) is 10.7. The van der Waals surface area contributed by atoms with Gasteiger partial charge in [0.1, 0.15) is 0 Å². The van der Waals surface area contributed by atoms with Gasteiger partial charge < -0.3 is 14.4 Å². The quantitative estimate of drug-likeness (QED) is 0.352. The molecule has 1 saturated heterocycles. The summed E-state index contributed by atoms with van der Waals surface area (Å²) in [5.41, 5.74) is 5.02. The largest absolute Gasteiger partial charge is 0.339 e. The Bertz CT molecular complexity index is 1530. The number of anilines is 1. The molecule has 1 fully saturated rings. The van der Waals surface area contributed by atoms with E-state index in [2.05, 4.69) is 0 Å². The summed E-state index contributed by atoms with van der Waals surface area (Å²) in [6, 6.07) is 24.6. The van der Waals surface area contributed by atoms with Crippen LogP contribution in [0.3, 0.4) is 0 Å². The summed E-state index contributed by atoms with van der Waals surface area (Å²) in [5.74, 6) is 0.0817. The summed E-state index contributed by atoms with van der Waals surface area (Å²) in [5, 5.41) is 0.933. The zero-order valence-corrected chi connectivity index (χ0v) is 22.2. The van der Waals surface area contributed by atoms with E-state index >= 15 is 0 Å². The third-order valence-electron chi connectivity index (χ3n) is 7.68. The molecule has 38 heavy (non-hydrogen) atoms. The van der Waals surface area contributed by atoms with E-state index in [0.717, 1.165) is 40.6 Å². The predicted molar refractivity (Wildman–Crippen MR) is 152 cm³/mol. The van der Waals surface area contributed by atoms with Gasteiger partial charge in [-0.3, -0.25) is 14.4 Å². The van der Waals surface area contributed by atoms with Gasteiger partial charge in [-0.05, 0) is 80.6 Å². The number of pyridine rings is 1. The Morgan fingerprint density at radius 1 is 0.895 bits per heavy atom. The third kappa shape index (κ3) is 4.86. The lowest BCUT2D eigenvalue weighted by atomic mass is 9.86. The summed E-state index contributed by atoms with van der Waals surface area (Å²) in [4.78, 5) is 43.0. The molecule has 0 radical (unpaired) electrons. The van der Waals surface area contributed by atoms with E-state index in [1.54, 1.807) is 22.6 Å². The normalized spacial score (nSPS) is 14.0. The van der Waals surface area contributed by atoms with Gasteiger partial charge in [0.15, 0.2) is 0 Å². The van der Waals surface area contributed by atoms with Crippen molar-refractivity contribution in [3.63, 3.8) is 0 Å². The third-order valence-corrected chi connectivity index (χ3v) is 7.68. The number of benzene rings is 3. The molecule has 1 aromatic heterocycles. The minimum atomic E-state index is -0.0979. The molecule has 4 aromatic rings. The first kappa shape index (κ1) is 25.5. The van der Waals surface area contributed by atoms with Gasteiger partial charge in [0.25, 0.3) is 17.4 Å². The molecule has 1 aliphatic rings. The fraction of sp³-hybridized carbons (Fsp3) is 0.281. The van der Waals surface area contributed by atoms with Crippen molar-refractivity contribution in [1.29, 1.82) is 0 Å². The van der Waals surface area contributed by atoms with Crippen LogP contribution >= 0.6 is 0 Å². The van der Waals surface area contributed by atoms with Crippen molar-refractivity contribution in [2.45, 2.75) is 39.2 Å². The van der Waals surface area contributed by atoms with Gasteiger partial charge in [0, 0.05) is 54.9 Å². The molecule has 0 spiro atoms. The number of hydrogen-bond acceptors (Lipinski definition) is 3. The molecule has 6 nitrogen and oxygen atoms in total. The van der Waals surface area contributed by atoms with Crippen LogP contribution in [0.2, 0.25) is 0 Å². The SMILES string of the molecule is CCn1c(=O)cc(C2CCN(C(=O)c3ccccc3)CC2)c2cc(C(=O)N(C)c3ccc(C)cc3)ccc21. The summed E-state index contributed by atoms with van der Waals surface area (Å²) in [7, 11) is 1.78. The molecule has 0 unspecified atom stereocenters. The molecule has 0 saturated carbocycles. The zero-order chi connectivity index (χ0) is 26.8. The van der Waals surface area contributed by atoms with Crippen molar-refractivity contribution < 1.29 is 9.59 Å². The van der Waals surface area contributed by atoms with E-state index in [4.69, 9.17) is 0 Å². The lowest BCUT2D eigenvalue weighted by molar-refractivity contribution is 0.0713. The number of piperidine rings is 1. The fourth-order valence-electron chi connectivity index (χ4n) is 5.44. The molecule has 6 heteroatoms. The van der Waals surface area contributed by atoms with Crippen molar-refractivity contribution in [3.05, 3.63) is 111 Å². The van der Waals surface area contributed by atoms with Gasteiger partial charge in [-0.1, -0.05) is 35.9 Å². The first-order chi connectivity index (χ1) is 18.4. The van der Waals surface area contributed by atoms with E-state index in [1.165, 1.54) is 0 Å². The smallest absolute Gasteiger partial charge is 0.258 e. The minimum Gasteiger partial charge on any atom is -0.339 e. The van der Waals surface area contributed by atoms with Crippen molar-refractivity contribution in [2.75, 3.05) is 25.0 Å². The van der Waals surface area contributed by atoms with Crippen LogP contribution in [0.25, 0.3) is 10.9 Å². The zero-order valence-electron chi connectivity index (χ0n) is 22.2. The second-order valence-electron chi connectivity index (χ2n) is 10.0. The highest BCUT2D eigenvalue weighted by atomic mass is 16.2. The number of likely N-dealkylation sites (tertiary alicyclic amines) is 1. The molecule has 194 valence electrons. The van der Waals surface area contributed by atoms with Crippen molar-refractivity contribution in [1.82, 2.24) is 9.47 Å². The Hall–Kier alpha value is -4.19. The first-order valence-corrected chi connectivity index (χ1v) is 13.2. The van der Waals surface area contributed by atoms with Gasteiger partial charge in [-0.2, -0.15) is 0 Å². The standard InChI is InChI=1S/C32H33N3O3/c1-4-35-29-15-12-25(31(37)33(3)26-13-10-22(2)11-14-26)20-28(29)27(21-30(35)36)23-16-18-34(19-17-23)32(38)24-8-6-5-7-9-24/h5-15,20-21,23H,4,16-19H2,1-3H3. The van der Waals surface area contributed by atoms with Gasteiger partial charge >= 0.3 is 0 Å². The van der Waals surface area contributed by atoms with Crippen molar-refractivity contribution in [3.8, 4) is 0 Å². The maximum Gasteiger partial charge on any atom is 0.258 e. The lowest BCUT2D eigenvalue weighted by Gasteiger charge is -2.33. The van der Waals surface area contributed by atoms with Crippen LogP contribution in [0.5, 0.6) is 0 Å². The van der Waals surface area contributed by atoms with Crippen LogP contribution in [0, 0.1) is 6.92 Å². The molecule has 0 atom stereocenters. The average Bonchev–Trinajstić information content (AvgIpc) is 2.96. The molecule has 3 aromatic carbocycles. The summed E-state index contributed by atoms with van der Waals surface area (Å²) in [6.45, 7) is 5.79. The number of nitrogens with zero attached hydrogens (tertiary/aromatic N) is 3. The van der Waals surface area contributed by atoms with E-state index in [1.807, 2.05) is 91.5 Å². The number of carbonyl (C=O) groups is 2. The summed E-state index contributed by atoms with van der Waals surface area (Å²) in [6.07, 6.45) is 1.54. The fourth-order valence-corrected chi connectivity index (χ4v) is 5.44. The molecule has 0 N–H and O–H groups in total. The van der Waals surface area contributed by atoms with Gasteiger partial charge in [0.05, 0.1) is 5.52 Å². The minimum absolute atomic E-state index is 0.0337. The number of carbonyl (C=O) groups excluding carboxylic acids is 2. The van der Waals surface area contributed by atoms with Crippen LogP contribution in [-0.2, 0) is 6.54 Å². The van der Waals surface area contributed by atoms with Crippen LogP contribution in [0.1, 0.15) is 57.5 Å². The highest BCUT2D eigenvalue weighted by molar-refractivity contribution is 6.07. The topological polar surface area (TPSA) is 62.6 Å². The van der Waals surface area contributed by atoms with Crippen molar-refractivity contribution >= 4 is 28.4 Å². The van der Waals surface area contributed by atoms with E-state index < -0.39 is 0 Å². The van der Waals surface area contributed by atoms with Crippen LogP contribution < -0.4 is 10.5 Å². The van der Waals surface area contributed by atoms with Crippen molar-refractivity contribution in [2.24, 2.45) is 0 Å². The Balaban J connectivity index is 1.46. The Morgan fingerprint density at radius 3 is 2.24 bits per heavy atom. The maximum atomic E-state index is 13.4. The Labute approximate surface area is 223 Å². The highest BCUT2D eigenvalue weighted by Crippen LogP contribution is 2.33. The van der Waals surface area contributed by atoms with E-state index in [-0.39, 0.29) is 23.3 Å². The van der Waals surface area contributed by atoms with Crippen LogP contribution in [0.4, 0.5) is 5.69 Å². The number of rotatable bonds is 5. The van der Waals surface area contributed by atoms with E-state index in [0.29, 0.717) is 30.8 Å². The van der Waals surface area contributed by atoms with E-state index in [9.17, 15) is 14.4 Å². The van der Waals surface area contributed by atoms with Gasteiger partial charge in [0.2, 0.25) is 0 Å². The number of aryl methyl sites for hydroxylation is 2. The number of aromatic nitrogens is 1. The molecular formula is C32H33N3O3. The lowest BCUT2D eigenvalue weighted by Crippen LogP contribution is -2.38. The monoisotopic (exact) mass is 507 g/mol. The molecule has 2 amide bonds. The Kier molecular flexibility index (Phi) is 7.14. The number of hydrogen-bond donors (Lipinski definition) is 0. The molecule has 0 bridgehead atoms. The number of amides is 2. The average molecular weight is 508 g/mol. The molecule has 2 heterocycles. The van der Waals surface area contributed by atoms with Gasteiger partial charge in [-0.25, -0.2) is 0 Å². The maximum absolute atomic E-state index is 13.4. The molecular weight excluding hydrogens is 474 g/mol. The van der Waals surface area contributed by atoms with Crippen LogP contribution in [-0.4, -0.2) is 41.4 Å². The highest BCUT2D eigenvalue weighted by Gasteiger charge is 2.27. The molecule has 5 rings (SSSR count). The summed E-state index contributed by atoms with van der Waals surface area (Å²) < 4.78 is 1.75. The van der Waals surface area contributed by atoms with Gasteiger partial charge in [-0.15, -0.1) is 0 Å². The number of fused-ring (bicyclic) bond motifs is 1. The second-order valence-corrected chi connectivity index (χ2v) is 10.0.